The predicted molar refractivity (Wildman–Crippen MR) is 101 cm³/mol. The highest BCUT2D eigenvalue weighted by Crippen LogP contribution is 2.21. The highest BCUT2D eigenvalue weighted by molar-refractivity contribution is 6.06. The number of methoxy groups -OCH3 is 1. The monoisotopic (exact) mass is 366 g/mol. The minimum Gasteiger partial charge on any atom is -0.495 e. The van der Waals surface area contributed by atoms with Crippen molar-refractivity contribution in [1.82, 2.24) is 4.98 Å². The van der Waals surface area contributed by atoms with Crippen molar-refractivity contribution in [3.63, 3.8) is 0 Å². The van der Waals surface area contributed by atoms with Gasteiger partial charge in [0.05, 0.1) is 30.2 Å². The van der Waals surface area contributed by atoms with Crippen molar-refractivity contribution < 1.29 is 19.1 Å². The molecule has 3 aromatic rings. The fourth-order valence-corrected chi connectivity index (χ4v) is 2.67. The summed E-state index contributed by atoms with van der Waals surface area (Å²) >= 11 is 0. The van der Waals surface area contributed by atoms with E-state index in [9.17, 15) is 14.4 Å². The number of hydrogen-bond donors (Lipinski definition) is 2. The van der Waals surface area contributed by atoms with E-state index in [1.165, 1.54) is 13.3 Å². The van der Waals surface area contributed by atoms with E-state index >= 15 is 0 Å². The maximum atomic E-state index is 12.6. The van der Waals surface area contributed by atoms with Crippen molar-refractivity contribution in [2.45, 2.75) is 6.92 Å². The van der Waals surface area contributed by atoms with Crippen LogP contribution in [0.15, 0.2) is 53.5 Å². The highest BCUT2D eigenvalue weighted by Gasteiger charge is 2.15. The number of nitrogens with one attached hydrogen (secondary N) is 2. The lowest BCUT2D eigenvalue weighted by atomic mass is 10.1. The Balaban J connectivity index is 1.85. The third-order valence-corrected chi connectivity index (χ3v) is 3.99. The number of pyridine rings is 1. The van der Waals surface area contributed by atoms with E-state index in [4.69, 9.17) is 9.47 Å². The van der Waals surface area contributed by atoms with Gasteiger partial charge in [-0.2, -0.15) is 0 Å². The van der Waals surface area contributed by atoms with Crippen LogP contribution in [0.4, 0.5) is 5.69 Å². The first-order valence-corrected chi connectivity index (χ1v) is 8.32. The number of anilines is 1. The molecule has 0 aliphatic rings. The molecule has 0 radical (unpaired) electrons. The van der Waals surface area contributed by atoms with Crippen LogP contribution in [-0.4, -0.2) is 30.6 Å². The second-order valence-corrected chi connectivity index (χ2v) is 5.67. The van der Waals surface area contributed by atoms with Crippen molar-refractivity contribution >= 4 is 28.5 Å². The number of rotatable bonds is 5. The molecule has 27 heavy (non-hydrogen) atoms. The molecule has 0 aliphatic carbocycles. The number of para-hydroxylation sites is 1. The zero-order valence-electron chi connectivity index (χ0n) is 14.9. The molecule has 7 heteroatoms. The largest absolute Gasteiger partial charge is 0.495 e. The Kier molecular flexibility index (Phi) is 5.21. The van der Waals surface area contributed by atoms with Crippen molar-refractivity contribution in [3.8, 4) is 5.75 Å². The smallest absolute Gasteiger partial charge is 0.338 e. The van der Waals surface area contributed by atoms with Crippen LogP contribution in [0.2, 0.25) is 0 Å². The zero-order chi connectivity index (χ0) is 19.4. The Hall–Kier alpha value is -3.61. The Morgan fingerprint density at radius 3 is 2.52 bits per heavy atom. The molecule has 0 bridgehead atoms. The van der Waals surface area contributed by atoms with Crippen LogP contribution in [0.25, 0.3) is 10.9 Å². The number of hydrogen-bond acceptors (Lipinski definition) is 5. The third kappa shape index (κ3) is 3.67. The number of amides is 1. The van der Waals surface area contributed by atoms with Crippen LogP contribution in [0.5, 0.6) is 5.75 Å². The number of fused-ring (bicyclic) bond motifs is 1. The molecule has 1 amide bonds. The second kappa shape index (κ2) is 7.74. The maximum absolute atomic E-state index is 12.6. The summed E-state index contributed by atoms with van der Waals surface area (Å²) in [5.41, 5.74) is 0.942. The molecule has 0 saturated carbocycles. The lowest BCUT2D eigenvalue weighted by molar-refractivity contribution is 0.0526. The molecular formula is C20H18N2O5. The summed E-state index contributed by atoms with van der Waals surface area (Å²) in [6.45, 7) is 2.01. The Morgan fingerprint density at radius 1 is 1.11 bits per heavy atom. The number of esters is 1. The molecule has 1 aromatic heterocycles. The summed E-state index contributed by atoms with van der Waals surface area (Å²) in [6, 6.07) is 11.3. The van der Waals surface area contributed by atoms with Crippen LogP contribution >= 0.6 is 0 Å². The van der Waals surface area contributed by atoms with Crippen molar-refractivity contribution in [1.29, 1.82) is 0 Å². The topological polar surface area (TPSA) is 97.5 Å². The van der Waals surface area contributed by atoms with Crippen molar-refractivity contribution in [2.24, 2.45) is 0 Å². The van der Waals surface area contributed by atoms with Gasteiger partial charge in [0.25, 0.3) is 5.91 Å². The summed E-state index contributed by atoms with van der Waals surface area (Å²) in [5.74, 6) is -0.466. The molecule has 0 atom stereocenters. The first-order valence-electron chi connectivity index (χ1n) is 8.32. The fourth-order valence-electron chi connectivity index (χ4n) is 2.67. The normalized spacial score (nSPS) is 10.4. The number of carbonyl (C=O) groups is 2. The molecule has 0 aliphatic heterocycles. The average molecular weight is 366 g/mol. The lowest BCUT2D eigenvalue weighted by Crippen LogP contribution is -2.22. The van der Waals surface area contributed by atoms with Gasteiger partial charge in [-0.05, 0) is 43.3 Å². The summed E-state index contributed by atoms with van der Waals surface area (Å²) in [6.07, 6.45) is 1.36. The first kappa shape index (κ1) is 18.2. The van der Waals surface area contributed by atoms with Crippen LogP contribution < -0.4 is 15.5 Å². The zero-order valence-corrected chi connectivity index (χ0v) is 14.9. The predicted octanol–water partition coefficient (Wildman–Crippen LogP) is 2.97. The van der Waals surface area contributed by atoms with Crippen LogP contribution in [0.3, 0.4) is 0 Å². The quantitative estimate of drug-likeness (QED) is 0.677. The summed E-state index contributed by atoms with van der Waals surface area (Å²) in [5, 5.41) is 3.01. The van der Waals surface area contributed by atoms with Crippen molar-refractivity contribution in [3.05, 3.63) is 70.0 Å². The van der Waals surface area contributed by atoms with Gasteiger partial charge < -0.3 is 19.8 Å². The molecule has 0 fully saturated rings. The van der Waals surface area contributed by atoms with E-state index in [1.807, 2.05) is 0 Å². The molecule has 0 saturated heterocycles. The van der Waals surface area contributed by atoms with Crippen molar-refractivity contribution in [2.75, 3.05) is 19.0 Å². The first-order chi connectivity index (χ1) is 13.0. The number of H-pyrrole nitrogens is 1. The lowest BCUT2D eigenvalue weighted by Gasteiger charge is -2.08. The van der Waals surface area contributed by atoms with E-state index in [1.54, 1.807) is 49.4 Å². The maximum Gasteiger partial charge on any atom is 0.338 e. The Labute approximate surface area is 154 Å². The van der Waals surface area contributed by atoms with E-state index < -0.39 is 17.3 Å². The van der Waals surface area contributed by atoms with Gasteiger partial charge in [-0.1, -0.05) is 6.07 Å². The van der Waals surface area contributed by atoms with E-state index in [0.717, 1.165) is 0 Å². The molecule has 0 spiro atoms. The number of aromatic amines is 1. The number of benzene rings is 2. The number of carbonyl (C=O) groups excluding carboxylic acids is 2. The molecule has 1 heterocycles. The molecule has 3 rings (SSSR count). The van der Waals surface area contributed by atoms with Gasteiger partial charge in [-0.3, -0.25) is 9.59 Å². The van der Waals surface area contributed by atoms with Gasteiger partial charge in [-0.25, -0.2) is 4.79 Å². The Morgan fingerprint density at radius 2 is 1.85 bits per heavy atom. The van der Waals surface area contributed by atoms with Crippen LogP contribution in [-0.2, 0) is 4.74 Å². The number of aromatic nitrogens is 1. The SMILES string of the molecule is CCOC(=O)c1ccc(NC(=O)c2c[nH]c3c(OC)cccc3c2=O)cc1. The van der Waals surface area contributed by atoms with Gasteiger partial charge in [0, 0.05) is 11.9 Å². The minimum absolute atomic E-state index is 0.0229. The second-order valence-electron chi connectivity index (χ2n) is 5.67. The van der Waals surface area contributed by atoms with E-state index in [2.05, 4.69) is 10.3 Å². The van der Waals surface area contributed by atoms with E-state index in [0.29, 0.717) is 27.9 Å². The summed E-state index contributed by atoms with van der Waals surface area (Å²) in [7, 11) is 1.51. The molecule has 2 N–H and O–H groups in total. The van der Waals surface area contributed by atoms with Gasteiger partial charge >= 0.3 is 5.97 Å². The highest BCUT2D eigenvalue weighted by atomic mass is 16.5. The van der Waals surface area contributed by atoms with Gasteiger partial charge in [0.2, 0.25) is 5.43 Å². The average Bonchev–Trinajstić information content (AvgIpc) is 2.68. The van der Waals surface area contributed by atoms with Crippen LogP contribution in [0.1, 0.15) is 27.6 Å². The summed E-state index contributed by atoms with van der Waals surface area (Å²) in [4.78, 5) is 39.7. The number of ether oxygens (including phenoxy) is 2. The van der Waals surface area contributed by atoms with Crippen LogP contribution in [0, 0.1) is 0 Å². The molecule has 138 valence electrons. The van der Waals surface area contributed by atoms with Gasteiger partial charge in [0.1, 0.15) is 11.3 Å². The molecule has 0 unspecified atom stereocenters. The van der Waals surface area contributed by atoms with Gasteiger partial charge in [0.15, 0.2) is 0 Å². The summed E-state index contributed by atoms with van der Waals surface area (Å²) < 4.78 is 10.1. The molecular weight excluding hydrogens is 348 g/mol. The minimum atomic E-state index is -0.551. The standard InChI is InChI=1S/C20H18N2O5/c1-3-27-20(25)12-7-9-13(10-8-12)22-19(24)15-11-21-17-14(18(15)23)5-4-6-16(17)26-2/h4-11H,3H2,1-2H3,(H,21,23)(H,22,24). The van der Waals surface area contributed by atoms with E-state index in [-0.39, 0.29) is 12.2 Å². The molecule has 2 aromatic carbocycles. The van der Waals surface area contributed by atoms with Gasteiger partial charge in [-0.15, -0.1) is 0 Å². The Bertz CT molecular complexity index is 1050. The fraction of sp³-hybridized carbons (Fsp3) is 0.150. The molecule has 7 nitrogen and oxygen atoms in total. The third-order valence-electron chi connectivity index (χ3n) is 3.99.